The van der Waals surface area contributed by atoms with Crippen molar-refractivity contribution in [2.75, 3.05) is 6.61 Å². The van der Waals surface area contributed by atoms with Crippen molar-refractivity contribution >= 4 is 18.3 Å². The Bertz CT molecular complexity index is 187. The Morgan fingerprint density at radius 2 is 2.36 bits per heavy atom. The molecule has 1 aliphatic rings. The van der Waals surface area contributed by atoms with Crippen LogP contribution in [0.3, 0.4) is 0 Å². The van der Waals surface area contributed by atoms with E-state index in [4.69, 9.17) is 4.74 Å². The van der Waals surface area contributed by atoms with Crippen LogP contribution in [0.2, 0.25) is 0 Å². The molecule has 0 spiro atoms. The Morgan fingerprint density at radius 3 is 3.09 bits per heavy atom. The molecule has 4 heteroatoms. The summed E-state index contributed by atoms with van der Waals surface area (Å²) in [7, 11) is 0. The van der Waals surface area contributed by atoms with Crippen LogP contribution in [0, 0.1) is 0 Å². The summed E-state index contributed by atoms with van der Waals surface area (Å²) in [5, 5.41) is 3.88. The predicted molar refractivity (Wildman–Crippen MR) is 47.7 cm³/mol. The molecule has 0 aromatic rings. The van der Waals surface area contributed by atoms with E-state index in [1.165, 1.54) is 0 Å². The minimum absolute atomic E-state index is 0. The molecular weight excluding hydrogens is 164 g/mol. The molecule has 0 saturated carbocycles. The highest BCUT2D eigenvalue weighted by Crippen LogP contribution is 1.89. The number of allylic oxidation sites excluding steroid dienone is 2. The molecule has 1 heterocycles. The van der Waals surface area contributed by atoms with Crippen LogP contribution < -0.4 is 5.43 Å². The second-order valence-corrected chi connectivity index (χ2v) is 1.73. The van der Waals surface area contributed by atoms with Crippen LogP contribution in [-0.4, -0.2) is 12.5 Å². The van der Waals surface area contributed by atoms with Gasteiger partial charge in [-0.2, -0.15) is 0 Å². The van der Waals surface area contributed by atoms with Crippen molar-refractivity contribution in [3.63, 3.8) is 0 Å². The van der Waals surface area contributed by atoms with Crippen molar-refractivity contribution in [2.24, 2.45) is 5.10 Å². The summed E-state index contributed by atoms with van der Waals surface area (Å²) in [6.07, 6.45) is 7.27. The normalized spacial score (nSPS) is 14.1. The third-order valence-corrected chi connectivity index (χ3v) is 0.988. The van der Waals surface area contributed by atoms with Gasteiger partial charge >= 0.3 is 0 Å². The van der Waals surface area contributed by atoms with Crippen LogP contribution in [0.1, 0.15) is 6.92 Å². The Labute approximate surface area is 72.2 Å². The molecular formula is C7H11ClN2O. The fourth-order valence-corrected chi connectivity index (χ4v) is 0.603. The second-order valence-electron chi connectivity index (χ2n) is 1.73. The van der Waals surface area contributed by atoms with E-state index >= 15 is 0 Å². The van der Waals surface area contributed by atoms with Crippen LogP contribution in [-0.2, 0) is 4.74 Å². The lowest BCUT2D eigenvalue weighted by molar-refractivity contribution is 0.327. The maximum atomic E-state index is 5.12. The van der Waals surface area contributed by atoms with Crippen LogP contribution >= 0.6 is 12.4 Å². The molecule has 0 atom stereocenters. The minimum atomic E-state index is 0. The Hall–Kier alpha value is -0.960. The molecule has 0 unspecified atom stereocenters. The number of hydrogen-bond donors (Lipinski definition) is 1. The third kappa shape index (κ3) is 3.68. The molecule has 11 heavy (non-hydrogen) atoms. The van der Waals surface area contributed by atoms with Crippen LogP contribution in [0.4, 0.5) is 0 Å². The number of hydrazone groups is 1. The number of hydrogen-bond acceptors (Lipinski definition) is 3. The maximum Gasteiger partial charge on any atom is 0.230 e. The van der Waals surface area contributed by atoms with Crippen molar-refractivity contribution in [3.05, 3.63) is 24.4 Å². The summed E-state index contributed by atoms with van der Waals surface area (Å²) in [4.78, 5) is 0. The molecule has 0 aromatic carbocycles. The van der Waals surface area contributed by atoms with E-state index in [-0.39, 0.29) is 12.4 Å². The molecule has 0 radical (unpaired) electrons. The summed E-state index contributed by atoms with van der Waals surface area (Å²) in [6.45, 7) is 2.57. The standard InChI is InChI=1S/C7H10N2O.ClH/c1-2-10-7-5-3-4-6-8-9-7;/h3-6,8H,2H2,1H3;1H. The van der Waals surface area contributed by atoms with Gasteiger partial charge in [0, 0.05) is 12.3 Å². The first-order valence-corrected chi connectivity index (χ1v) is 3.22. The topological polar surface area (TPSA) is 33.6 Å². The Morgan fingerprint density at radius 1 is 1.55 bits per heavy atom. The van der Waals surface area contributed by atoms with Gasteiger partial charge in [0.2, 0.25) is 5.90 Å². The first kappa shape index (κ1) is 10.0. The monoisotopic (exact) mass is 174 g/mol. The van der Waals surface area contributed by atoms with Crippen molar-refractivity contribution in [1.29, 1.82) is 0 Å². The van der Waals surface area contributed by atoms with Crippen molar-refractivity contribution in [2.45, 2.75) is 6.92 Å². The molecule has 3 nitrogen and oxygen atoms in total. The number of halogens is 1. The summed E-state index contributed by atoms with van der Waals surface area (Å²) >= 11 is 0. The summed E-state index contributed by atoms with van der Waals surface area (Å²) in [6, 6.07) is 0. The highest BCUT2D eigenvalue weighted by molar-refractivity contribution is 5.87. The number of nitrogens with zero attached hydrogens (tertiary/aromatic N) is 1. The fraction of sp³-hybridized carbons (Fsp3) is 0.286. The van der Waals surface area contributed by atoms with Crippen molar-refractivity contribution in [1.82, 2.24) is 5.43 Å². The molecule has 62 valence electrons. The molecule has 1 rings (SSSR count). The number of rotatable bonds is 1. The van der Waals surface area contributed by atoms with Gasteiger partial charge in [-0.3, -0.25) is 5.43 Å². The van der Waals surface area contributed by atoms with Gasteiger partial charge in [0.25, 0.3) is 0 Å². The number of nitrogens with one attached hydrogen (secondary N) is 1. The largest absolute Gasteiger partial charge is 0.477 e. The zero-order valence-corrected chi connectivity index (χ0v) is 7.10. The van der Waals surface area contributed by atoms with Crippen LogP contribution in [0.15, 0.2) is 29.5 Å². The summed E-state index contributed by atoms with van der Waals surface area (Å²) < 4.78 is 5.12. The van der Waals surface area contributed by atoms with Gasteiger partial charge in [-0.25, -0.2) is 0 Å². The smallest absolute Gasteiger partial charge is 0.230 e. The minimum Gasteiger partial charge on any atom is -0.477 e. The van der Waals surface area contributed by atoms with Crippen molar-refractivity contribution < 1.29 is 4.74 Å². The number of ether oxygens (including phenoxy) is 1. The molecule has 0 aliphatic carbocycles. The van der Waals surface area contributed by atoms with E-state index in [0.717, 1.165) is 0 Å². The molecule has 1 N–H and O–H groups in total. The fourth-order valence-electron chi connectivity index (χ4n) is 0.603. The van der Waals surface area contributed by atoms with Gasteiger partial charge < -0.3 is 4.74 Å². The first-order valence-electron chi connectivity index (χ1n) is 3.22. The zero-order valence-electron chi connectivity index (χ0n) is 6.28. The van der Waals surface area contributed by atoms with Gasteiger partial charge in [0.15, 0.2) is 0 Å². The molecule has 0 amide bonds. The SMILES string of the molecule is CCOC1=NNC=CC=C1.Cl. The quantitative estimate of drug-likeness (QED) is 0.653. The third-order valence-electron chi connectivity index (χ3n) is 0.988. The summed E-state index contributed by atoms with van der Waals surface area (Å²) in [5.41, 5.74) is 2.70. The van der Waals surface area contributed by atoms with Gasteiger partial charge in [0.05, 0.1) is 6.61 Å². The zero-order chi connectivity index (χ0) is 7.23. The molecule has 0 saturated heterocycles. The first-order chi connectivity index (χ1) is 4.93. The van der Waals surface area contributed by atoms with Crippen LogP contribution in [0.5, 0.6) is 0 Å². The van der Waals surface area contributed by atoms with Crippen LogP contribution in [0.25, 0.3) is 0 Å². The van der Waals surface area contributed by atoms with Crippen molar-refractivity contribution in [3.8, 4) is 0 Å². The molecule has 0 bridgehead atoms. The Balaban J connectivity index is 0.000001000. The molecule has 0 aromatic heterocycles. The van der Waals surface area contributed by atoms with E-state index in [0.29, 0.717) is 12.5 Å². The highest BCUT2D eigenvalue weighted by Gasteiger charge is 1.91. The van der Waals surface area contributed by atoms with E-state index < -0.39 is 0 Å². The van der Waals surface area contributed by atoms with Gasteiger partial charge in [-0.05, 0) is 13.0 Å². The lowest BCUT2D eigenvalue weighted by atomic mass is 10.5. The average molecular weight is 175 g/mol. The predicted octanol–water partition coefficient (Wildman–Crippen LogP) is 1.43. The second kappa shape index (κ2) is 5.80. The van der Waals surface area contributed by atoms with E-state index in [1.54, 1.807) is 12.3 Å². The van der Waals surface area contributed by atoms with Gasteiger partial charge in [-0.1, -0.05) is 6.08 Å². The maximum absolute atomic E-state index is 5.12. The van der Waals surface area contributed by atoms with Gasteiger partial charge in [-0.15, -0.1) is 17.5 Å². The Kier molecular flexibility index (Phi) is 5.29. The average Bonchev–Trinajstić information content (AvgIpc) is 2.17. The van der Waals surface area contributed by atoms with E-state index in [9.17, 15) is 0 Å². The van der Waals surface area contributed by atoms with Gasteiger partial charge in [0.1, 0.15) is 0 Å². The molecule has 0 fully saturated rings. The van der Waals surface area contributed by atoms with E-state index in [2.05, 4.69) is 10.5 Å². The lowest BCUT2D eigenvalue weighted by Crippen LogP contribution is -2.04. The van der Waals surface area contributed by atoms with E-state index in [1.807, 2.05) is 19.1 Å². The summed E-state index contributed by atoms with van der Waals surface area (Å²) in [5.74, 6) is 0.618. The highest BCUT2D eigenvalue weighted by atomic mass is 35.5. The molecule has 1 aliphatic heterocycles. The lowest BCUT2D eigenvalue weighted by Gasteiger charge is -1.99.